The molecule has 7 nitrogen and oxygen atoms in total. The first kappa shape index (κ1) is 25.5. The van der Waals surface area contributed by atoms with Gasteiger partial charge in [-0.3, -0.25) is 9.79 Å². The van der Waals surface area contributed by atoms with Crippen molar-refractivity contribution in [2.75, 3.05) is 32.1 Å². The van der Waals surface area contributed by atoms with Crippen molar-refractivity contribution in [1.29, 1.82) is 0 Å². The molecule has 30 heavy (non-hydrogen) atoms. The van der Waals surface area contributed by atoms with E-state index in [0.717, 1.165) is 11.3 Å². The van der Waals surface area contributed by atoms with E-state index in [2.05, 4.69) is 33.1 Å². The Kier molecular flexibility index (Phi) is 11.7. The third kappa shape index (κ3) is 8.89. The second-order valence-corrected chi connectivity index (χ2v) is 6.45. The maximum Gasteiger partial charge on any atom is 0.221 e. The van der Waals surface area contributed by atoms with E-state index in [1.165, 1.54) is 12.5 Å². The van der Waals surface area contributed by atoms with Gasteiger partial charge in [-0.2, -0.15) is 0 Å². The van der Waals surface area contributed by atoms with Crippen molar-refractivity contribution < 1.29 is 14.3 Å². The van der Waals surface area contributed by atoms with Crippen LogP contribution in [0.2, 0.25) is 0 Å². The lowest BCUT2D eigenvalue weighted by atomic mass is 10.1. The van der Waals surface area contributed by atoms with Crippen LogP contribution in [0.5, 0.6) is 11.5 Å². The van der Waals surface area contributed by atoms with Gasteiger partial charge >= 0.3 is 0 Å². The number of guanidine groups is 1. The molecular weight excluding hydrogens is 495 g/mol. The summed E-state index contributed by atoms with van der Waals surface area (Å²) in [7, 11) is 1.73. The van der Waals surface area contributed by atoms with Crippen molar-refractivity contribution in [3.8, 4) is 11.5 Å². The lowest BCUT2D eigenvalue weighted by Crippen LogP contribution is -2.38. The van der Waals surface area contributed by atoms with E-state index in [1.54, 1.807) is 13.1 Å². The predicted molar refractivity (Wildman–Crippen MR) is 132 cm³/mol. The summed E-state index contributed by atoms with van der Waals surface area (Å²) in [6.45, 7) is 7.77. The van der Waals surface area contributed by atoms with Crippen molar-refractivity contribution >= 4 is 41.5 Å². The Morgan fingerprint density at radius 2 is 1.90 bits per heavy atom. The molecule has 0 bridgehead atoms. The van der Waals surface area contributed by atoms with Gasteiger partial charge in [-0.1, -0.05) is 18.2 Å². The fraction of sp³-hybridized carbons (Fsp3) is 0.364. The summed E-state index contributed by atoms with van der Waals surface area (Å²) in [4.78, 5) is 15.4. The van der Waals surface area contributed by atoms with Crippen LogP contribution in [0.1, 0.15) is 25.0 Å². The number of aryl methyl sites for hydroxylation is 1. The van der Waals surface area contributed by atoms with Crippen molar-refractivity contribution in [3.05, 3.63) is 53.6 Å². The Hall–Kier alpha value is -2.49. The van der Waals surface area contributed by atoms with Crippen molar-refractivity contribution in [2.24, 2.45) is 4.99 Å². The largest absolute Gasteiger partial charge is 0.494 e. The number of nitrogens with zero attached hydrogens (tertiary/aromatic N) is 1. The molecule has 2 rings (SSSR count). The van der Waals surface area contributed by atoms with Crippen LogP contribution in [0.15, 0.2) is 47.5 Å². The summed E-state index contributed by atoms with van der Waals surface area (Å²) in [6, 6.07) is 13.5. The van der Waals surface area contributed by atoms with Crippen molar-refractivity contribution in [3.63, 3.8) is 0 Å². The number of aliphatic imine (C=N–C) groups is 1. The first-order valence-electron chi connectivity index (χ1n) is 9.69. The minimum Gasteiger partial charge on any atom is -0.494 e. The highest BCUT2D eigenvalue weighted by Crippen LogP contribution is 2.20. The van der Waals surface area contributed by atoms with Gasteiger partial charge < -0.3 is 25.4 Å². The van der Waals surface area contributed by atoms with Gasteiger partial charge in [0.25, 0.3) is 0 Å². The number of amides is 1. The molecule has 0 aliphatic heterocycles. The zero-order valence-electron chi connectivity index (χ0n) is 18.0. The molecule has 0 fully saturated rings. The molecule has 2 aromatic rings. The van der Waals surface area contributed by atoms with E-state index in [9.17, 15) is 4.79 Å². The molecule has 1 amide bonds. The highest BCUT2D eigenvalue weighted by Gasteiger charge is 2.05. The molecule has 0 spiro atoms. The summed E-state index contributed by atoms with van der Waals surface area (Å²) in [5, 5.41) is 9.25. The second kappa shape index (κ2) is 13.7. The van der Waals surface area contributed by atoms with E-state index >= 15 is 0 Å². The van der Waals surface area contributed by atoms with Gasteiger partial charge in [0.1, 0.15) is 18.1 Å². The number of ether oxygens (including phenoxy) is 2. The van der Waals surface area contributed by atoms with Crippen LogP contribution in [-0.2, 0) is 11.3 Å². The molecule has 0 radical (unpaired) electrons. The molecule has 0 heterocycles. The van der Waals surface area contributed by atoms with Crippen LogP contribution in [0, 0.1) is 6.92 Å². The lowest BCUT2D eigenvalue weighted by Gasteiger charge is -2.15. The van der Waals surface area contributed by atoms with Gasteiger partial charge in [-0.25, -0.2) is 0 Å². The third-order valence-corrected chi connectivity index (χ3v) is 4.01. The molecule has 0 aliphatic rings. The maximum absolute atomic E-state index is 11.1. The average molecular weight is 526 g/mol. The van der Waals surface area contributed by atoms with E-state index < -0.39 is 0 Å². The van der Waals surface area contributed by atoms with E-state index in [1.807, 2.05) is 38.1 Å². The summed E-state index contributed by atoms with van der Waals surface area (Å²) in [5.41, 5.74) is 2.95. The lowest BCUT2D eigenvalue weighted by molar-refractivity contribution is -0.114. The molecule has 0 unspecified atom stereocenters. The van der Waals surface area contributed by atoms with Gasteiger partial charge in [0.05, 0.1) is 13.2 Å². The van der Waals surface area contributed by atoms with Crippen LogP contribution in [0.4, 0.5) is 5.69 Å². The summed E-state index contributed by atoms with van der Waals surface area (Å²) in [5.74, 6) is 2.16. The quantitative estimate of drug-likeness (QED) is 0.201. The summed E-state index contributed by atoms with van der Waals surface area (Å²) < 4.78 is 11.5. The molecule has 0 atom stereocenters. The van der Waals surface area contributed by atoms with Gasteiger partial charge in [0.2, 0.25) is 5.91 Å². The highest BCUT2D eigenvalue weighted by atomic mass is 127. The molecule has 0 saturated heterocycles. The number of nitrogens with one attached hydrogen (secondary N) is 3. The van der Waals surface area contributed by atoms with Crippen molar-refractivity contribution in [1.82, 2.24) is 10.6 Å². The predicted octanol–water partition coefficient (Wildman–Crippen LogP) is 3.71. The van der Waals surface area contributed by atoms with Gasteiger partial charge in [-0.15, -0.1) is 24.0 Å². The second-order valence-electron chi connectivity index (χ2n) is 6.45. The molecule has 0 aromatic heterocycles. The van der Waals surface area contributed by atoms with Crippen LogP contribution in [0.3, 0.4) is 0 Å². The average Bonchev–Trinajstić information content (AvgIpc) is 2.69. The summed E-state index contributed by atoms with van der Waals surface area (Å²) in [6.07, 6.45) is 0. The number of hydrogen-bond acceptors (Lipinski definition) is 4. The Balaban J connectivity index is 0.00000450. The van der Waals surface area contributed by atoms with Gasteiger partial charge in [0.15, 0.2) is 5.96 Å². The minimum atomic E-state index is -0.111. The summed E-state index contributed by atoms with van der Waals surface area (Å²) >= 11 is 0. The Morgan fingerprint density at radius 3 is 2.60 bits per heavy atom. The normalized spacial score (nSPS) is 10.6. The number of rotatable bonds is 9. The fourth-order valence-corrected chi connectivity index (χ4v) is 2.70. The fourth-order valence-electron chi connectivity index (χ4n) is 2.70. The van der Waals surface area contributed by atoms with Crippen LogP contribution in [-0.4, -0.2) is 38.7 Å². The molecule has 3 N–H and O–H groups in total. The minimum absolute atomic E-state index is 0. The molecule has 2 aromatic carbocycles. The molecule has 0 saturated carbocycles. The van der Waals surface area contributed by atoms with Crippen molar-refractivity contribution in [2.45, 2.75) is 27.3 Å². The zero-order chi connectivity index (χ0) is 21.1. The first-order chi connectivity index (χ1) is 14.0. The van der Waals surface area contributed by atoms with E-state index in [4.69, 9.17) is 9.47 Å². The molecular formula is C22H31IN4O3. The number of benzene rings is 2. The standard InChI is InChI=1S/C22H30N4O3.HI/c1-5-28-21-13-16(2)9-10-18(21)15-25-22(23-4)24-11-12-29-20-8-6-7-19(14-20)26-17(3)27;/h6-10,13-14H,5,11-12,15H2,1-4H3,(H,26,27)(H2,23,24,25);1H. The van der Waals surface area contributed by atoms with Crippen LogP contribution in [0.25, 0.3) is 0 Å². The third-order valence-electron chi connectivity index (χ3n) is 4.01. The molecule has 164 valence electrons. The SMILES string of the molecule is CCOc1cc(C)ccc1CNC(=NC)NCCOc1cccc(NC(C)=O)c1.I. The van der Waals surface area contributed by atoms with Crippen LogP contribution < -0.4 is 25.4 Å². The zero-order valence-corrected chi connectivity index (χ0v) is 20.3. The Morgan fingerprint density at radius 1 is 1.10 bits per heavy atom. The van der Waals surface area contributed by atoms with E-state index in [-0.39, 0.29) is 29.9 Å². The van der Waals surface area contributed by atoms with Crippen LogP contribution >= 0.6 is 24.0 Å². The highest BCUT2D eigenvalue weighted by molar-refractivity contribution is 14.0. The number of carbonyl (C=O) groups excluding carboxylic acids is 1. The monoisotopic (exact) mass is 526 g/mol. The Labute approximate surface area is 195 Å². The maximum atomic E-state index is 11.1. The van der Waals surface area contributed by atoms with E-state index in [0.29, 0.717) is 43.7 Å². The number of hydrogen-bond donors (Lipinski definition) is 3. The molecule has 8 heteroatoms. The number of carbonyl (C=O) groups is 1. The first-order valence-corrected chi connectivity index (χ1v) is 9.69. The number of halogens is 1. The molecule has 0 aliphatic carbocycles. The topological polar surface area (TPSA) is 84.0 Å². The Bertz CT molecular complexity index is 843. The van der Waals surface area contributed by atoms with Gasteiger partial charge in [0, 0.05) is 37.8 Å². The smallest absolute Gasteiger partial charge is 0.221 e. The van der Waals surface area contributed by atoms with Gasteiger partial charge in [-0.05, 0) is 37.6 Å². The number of anilines is 1.